The number of carbonyl (C=O) groups excluding carboxylic acids is 1. The third-order valence-electron chi connectivity index (χ3n) is 2.76. The average Bonchev–Trinajstić information content (AvgIpc) is 2.87. The third-order valence-corrected chi connectivity index (χ3v) is 2.76. The molecular formula is C16H16N2O3. The first-order valence-electron chi connectivity index (χ1n) is 6.50. The van der Waals surface area contributed by atoms with E-state index in [1.165, 1.54) is 0 Å². The van der Waals surface area contributed by atoms with E-state index in [0.717, 1.165) is 5.56 Å². The summed E-state index contributed by atoms with van der Waals surface area (Å²) in [6, 6.07) is 7.11. The number of hydrogen-bond donors (Lipinski definition) is 2. The summed E-state index contributed by atoms with van der Waals surface area (Å²) in [5.41, 5.74) is 2.83. The van der Waals surface area contributed by atoms with E-state index >= 15 is 0 Å². The number of aryl methyl sites for hydroxylation is 2. The van der Waals surface area contributed by atoms with Crippen LogP contribution in [0.4, 0.5) is 0 Å². The van der Waals surface area contributed by atoms with Crippen molar-refractivity contribution < 1.29 is 14.4 Å². The van der Waals surface area contributed by atoms with Gasteiger partial charge in [-0.3, -0.25) is 4.79 Å². The molecule has 5 heteroatoms. The van der Waals surface area contributed by atoms with Gasteiger partial charge in [-0.05, 0) is 37.6 Å². The third kappa shape index (κ3) is 4.20. The van der Waals surface area contributed by atoms with Crippen molar-refractivity contribution >= 4 is 5.91 Å². The molecule has 0 atom stereocenters. The van der Waals surface area contributed by atoms with Crippen molar-refractivity contribution in [1.82, 2.24) is 10.5 Å². The van der Waals surface area contributed by atoms with Crippen molar-refractivity contribution in [2.45, 2.75) is 20.4 Å². The van der Waals surface area contributed by atoms with Crippen molar-refractivity contribution in [3.05, 3.63) is 52.4 Å². The maximum Gasteiger partial charge on any atom is 0.251 e. The molecule has 1 aromatic heterocycles. The second kappa shape index (κ2) is 6.73. The van der Waals surface area contributed by atoms with Crippen molar-refractivity contribution in [2.75, 3.05) is 6.61 Å². The van der Waals surface area contributed by atoms with Gasteiger partial charge in [-0.25, -0.2) is 0 Å². The molecule has 21 heavy (non-hydrogen) atoms. The normalized spacial score (nSPS) is 9.86. The van der Waals surface area contributed by atoms with Crippen LogP contribution in [0.2, 0.25) is 0 Å². The number of nitrogens with zero attached hydrogens (tertiary/aromatic N) is 1. The van der Waals surface area contributed by atoms with Crippen LogP contribution in [0.25, 0.3) is 0 Å². The first-order chi connectivity index (χ1) is 10.1. The van der Waals surface area contributed by atoms with E-state index in [2.05, 4.69) is 22.3 Å². The predicted octanol–water partition coefficient (Wildman–Crippen LogP) is 1.57. The zero-order valence-electron chi connectivity index (χ0n) is 11.9. The monoisotopic (exact) mass is 284 g/mol. The number of rotatable bonds is 3. The van der Waals surface area contributed by atoms with Gasteiger partial charge in [0.1, 0.15) is 18.1 Å². The summed E-state index contributed by atoms with van der Waals surface area (Å²) in [6.45, 7) is 3.79. The Kier molecular flexibility index (Phi) is 4.75. The molecule has 0 radical (unpaired) electrons. The number of hydrogen-bond acceptors (Lipinski definition) is 4. The van der Waals surface area contributed by atoms with Crippen LogP contribution in [0.15, 0.2) is 28.8 Å². The SMILES string of the molecule is Cc1cc(C#CCO)cc(C(=O)NCc2cc(C)on2)c1. The zero-order valence-corrected chi connectivity index (χ0v) is 11.9. The molecule has 1 aromatic carbocycles. The average molecular weight is 284 g/mol. The van der Waals surface area contributed by atoms with Crippen molar-refractivity contribution in [1.29, 1.82) is 0 Å². The second-order valence-electron chi connectivity index (χ2n) is 4.66. The molecule has 1 heterocycles. The van der Waals surface area contributed by atoms with E-state index in [-0.39, 0.29) is 12.5 Å². The molecule has 0 saturated carbocycles. The highest BCUT2D eigenvalue weighted by atomic mass is 16.5. The quantitative estimate of drug-likeness (QED) is 0.839. The summed E-state index contributed by atoms with van der Waals surface area (Å²) in [6.07, 6.45) is 0. The van der Waals surface area contributed by atoms with Gasteiger partial charge in [-0.15, -0.1) is 0 Å². The van der Waals surface area contributed by atoms with Crippen LogP contribution in [-0.4, -0.2) is 22.8 Å². The number of aliphatic hydroxyl groups excluding tert-OH is 1. The van der Waals surface area contributed by atoms with Crippen LogP contribution in [-0.2, 0) is 6.54 Å². The van der Waals surface area contributed by atoms with E-state index in [1.54, 1.807) is 25.1 Å². The fraction of sp³-hybridized carbons (Fsp3) is 0.250. The second-order valence-corrected chi connectivity index (χ2v) is 4.66. The van der Waals surface area contributed by atoms with Gasteiger partial charge in [0, 0.05) is 17.2 Å². The Morgan fingerprint density at radius 1 is 1.33 bits per heavy atom. The number of benzene rings is 1. The minimum absolute atomic E-state index is 0.202. The Balaban J connectivity index is 2.09. The van der Waals surface area contributed by atoms with E-state index in [9.17, 15) is 4.79 Å². The molecule has 2 aromatic rings. The summed E-state index contributed by atoms with van der Waals surface area (Å²) in [4.78, 5) is 12.1. The first kappa shape index (κ1) is 14.8. The van der Waals surface area contributed by atoms with Crippen LogP contribution in [0.5, 0.6) is 0 Å². The Morgan fingerprint density at radius 3 is 2.81 bits per heavy atom. The van der Waals surface area contributed by atoms with Crippen LogP contribution in [0, 0.1) is 25.7 Å². The Bertz CT molecular complexity index is 708. The number of aromatic nitrogens is 1. The molecule has 1 amide bonds. The fourth-order valence-electron chi connectivity index (χ4n) is 1.90. The summed E-state index contributed by atoms with van der Waals surface area (Å²) < 4.78 is 4.94. The van der Waals surface area contributed by atoms with Gasteiger partial charge in [-0.2, -0.15) is 0 Å². The summed E-state index contributed by atoms with van der Waals surface area (Å²) >= 11 is 0. The van der Waals surface area contributed by atoms with Gasteiger partial charge >= 0.3 is 0 Å². The number of amides is 1. The molecule has 2 rings (SSSR count). The highest BCUT2D eigenvalue weighted by molar-refractivity contribution is 5.94. The highest BCUT2D eigenvalue weighted by Crippen LogP contribution is 2.09. The van der Waals surface area contributed by atoms with Crippen LogP contribution in [0.1, 0.15) is 32.9 Å². The van der Waals surface area contributed by atoms with Crippen molar-refractivity contribution in [2.24, 2.45) is 0 Å². The first-order valence-corrected chi connectivity index (χ1v) is 6.50. The zero-order chi connectivity index (χ0) is 15.2. The lowest BCUT2D eigenvalue weighted by Gasteiger charge is -2.05. The lowest BCUT2D eigenvalue weighted by Crippen LogP contribution is -2.23. The van der Waals surface area contributed by atoms with Crippen molar-refractivity contribution in [3.8, 4) is 11.8 Å². The lowest BCUT2D eigenvalue weighted by atomic mass is 10.1. The van der Waals surface area contributed by atoms with Crippen LogP contribution in [0.3, 0.4) is 0 Å². The Labute approximate surface area is 123 Å². The molecule has 0 fully saturated rings. The van der Waals surface area contributed by atoms with Gasteiger partial charge < -0.3 is 14.9 Å². The van der Waals surface area contributed by atoms with E-state index in [4.69, 9.17) is 9.63 Å². The van der Waals surface area contributed by atoms with E-state index in [0.29, 0.717) is 29.1 Å². The number of nitrogens with one attached hydrogen (secondary N) is 1. The van der Waals surface area contributed by atoms with Crippen LogP contribution < -0.4 is 5.32 Å². The molecule has 0 saturated heterocycles. The van der Waals surface area contributed by atoms with E-state index in [1.807, 2.05) is 13.0 Å². The molecule has 0 aliphatic heterocycles. The molecule has 5 nitrogen and oxygen atoms in total. The lowest BCUT2D eigenvalue weighted by molar-refractivity contribution is 0.0950. The summed E-state index contributed by atoms with van der Waals surface area (Å²) in [5, 5.41) is 15.3. The molecular weight excluding hydrogens is 268 g/mol. The van der Waals surface area contributed by atoms with Crippen LogP contribution >= 0.6 is 0 Å². The smallest absolute Gasteiger partial charge is 0.251 e. The highest BCUT2D eigenvalue weighted by Gasteiger charge is 2.08. The standard InChI is InChI=1S/C16H16N2O3/c1-11-6-13(4-3-5-19)9-14(7-11)16(20)17-10-15-8-12(2)21-18-15/h6-9,19H,5,10H2,1-2H3,(H,17,20). The molecule has 0 aliphatic carbocycles. The molecule has 2 N–H and O–H groups in total. The minimum Gasteiger partial charge on any atom is -0.384 e. The molecule has 0 bridgehead atoms. The fourth-order valence-corrected chi connectivity index (χ4v) is 1.90. The van der Waals surface area contributed by atoms with Gasteiger partial charge in [0.05, 0.1) is 6.54 Å². The van der Waals surface area contributed by atoms with Gasteiger partial charge in [0.15, 0.2) is 0 Å². The maximum absolute atomic E-state index is 12.1. The largest absolute Gasteiger partial charge is 0.384 e. The summed E-state index contributed by atoms with van der Waals surface area (Å²) in [5.74, 6) is 5.87. The van der Waals surface area contributed by atoms with Gasteiger partial charge in [0.2, 0.25) is 0 Å². The minimum atomic E-state index is -0.207. The summed E-state index contributed by atoms with van der Waals surface area (Å²) in [7, 11) is 0. The number of aliphatic hydroxyl groups is 1. The molecule has 0 unspecified atom stereocenters. The molecule has 0 aliphatic rings. The van der Waals surface area contributed by atoms with E-state index < -0.39 is 0 Å². The Morgan fingerprint density at radius 2 is 2.14 bits per heavy atom. The number of carbonyl (C=O) groups is 1. The molecule has 108 valence electrons. The predicted molar refractivity (Wildman–Crippen MR) is 77.6 cm³/mol. The molecule has 0 spiro atoms. The maximum atomic E-state index is 12.1. The topological polar surface area (TPSA) is 75.4 Å². The Hall–Kier alpha value is -2.58. The van der Waals surface area contributed by atoms with Gasteiger partial charge in [0.25, 0.3) is 5.91 Å². The van der Waals surface area contributed by atoms with Gasteiger partial charge in [-0.1, -0.05) is 17.0 Å². The van der Waals surface area contributed by atoms with Crippen molar-refractivity contribution in [3.63, 3.8) is 0 Å².